The zero-order chi connectivity index (χ0) is 66.1. The van der Waals surface area contributed by atoms with Crippen molar-refractivity contribution in [3.63, 3.8) is 0 Å². The van der Waals surface area contributed by atoms with Gasteiger partial charge in [-0.1, -0.05) is 91.0 Å². The second kappa shape index (κ2) is 49.3. The Morgan fingerprint density at radius 1 is 0.297 bits per heavy atom. The molecule has 3 unspecified atom stereocenters. The maximum atomic E-state index is 12.1. The van der Waals surface area contributed by atoms with E-state index in [2.05, 4.69) is 51.6 Å². The van der Waals surface area contributed by atoms with E-state index >= 15 is 0 Å². The number of hydrogen-bond acceptors (Lipinski definition) is 36. The van der Waals surface area contributed by atoms with Crippen molar-refractivity contribution in [2.75, 3.05) is 98.2 Å². The molecular formula is C51H45Eu4N9O24S3. The van der Waals surface area contributed by atoms with Crippen LogP contribution >= 0.6 is 36.7 Å². The summed E-state index contributed by atoms with van der Waals surface area (Å²) in [4.78, 5) is 151. The minimum Gasteiger partial charge on any atom is -0.549 e. The Kier molecular flexibility index (Phi) is 51.1. The summed E-state index contributed by atoms with van der Waals surface area (Å²) in [6, 6.07) is 21.6. The van der Waals surface area contributed by atoms with Crippen molar-refractivity contribution < 1.29 is 316 Å². The molecule has 33 nitrogen and oxygen atoms in total. The van der Waals surface area contributed by atoms with Crippen LogP contribution in [0.3, 0.4) is 0 Å². The molecule has 3 aromatic carbocycles. The van der Waals surface area contributed by atoms with Crippen molar-refractivity contribution in [2.24, 2.45) is 15.0 Å². The smallest absolute Gasteiger partial charge is 0.549 e. The third kappa shape index (κ3) is 32.9. The first-order valence-electron chi connectivity index (χ1n) is 24.2. The van der Waals surface area contributed by atoms with Gasteiger partial charge < -0.3 is 119 Å². The van der Waals surface area contributed by atoms with Crippen molar-refractivity contribution in [2.45, 2.75) is 17.0 Å². The van der Waals surface area contributed by atoms with E-state index in [1.807, 2.05) is 15.5 Å². The molecule has 0 spiro atoms. The fourth-order valence-corrected chi connectivity index (χ4v) is 8.49. The summed E-state index contributed by atoms with van der Waals surface area (Å²) in [6.07, 6.45) is 0. The van der Waals surface area contributed by atoms with Crippen LogP contribution in [0.2, 0.25) is 0 Å². The molecule has 0 fully saturated rings. The van der Waals surface area contributed by atoms with E-state index < -0.39 is 167 Å². The Balaban J connectivity index is -0.000000610. The summed E-state index contributed by atoms with van der Waals surface area (Å²) in [6.45, 7) is -10.3. The molecule has 0 bridgehead atoms. The van der Waals surface area contributed by atoms with Gasteiger partial charge in [-0.25, -0.2) is 0 Å². The van der Waals surface area contributed by atoms with Crippen LogP contribution in [0, 0.1) is 198 Å². The van der Waals surface area contributed by atoms with Gasteiger partial charge >= 0.3 is 198 Å². The minimum atomic E-state index is -2.42. The molecule has 0 aliphatic carbocycles. The standard InChI is InChI=1S/3C17H19N3O8S.4Eu/c3*21-13(22)8-19(9-14(23)24)6-7-20(10-15(25)26)17(16(27)28,18-11-29)12-4-2-1-3-5-12;;;;/h3*1-5H,6-10H2,(H,21,22)(H,23,24)(H,25,26)(H,27,28);;;;/q;;;4*+3/p-12. The van der Waals surface area contributed by atoms with Gasteiger partial charge in [-0.2, -0.15) is 15.0 Å². The van der Waals surface area contributed by atoms with Gasteiger partial charge in [-0.05, 0) is 36.7 Å². The van der Waals surface area contributed by atoms with Crippen LogP contribution < -0.4 is 61.3 Å². The number of aliphatic carboxylic acids is 12. The first-order chi connectivity index (χ1) is 40.9. The Bertz CT molecular complexity index is 2720. The maximum Gasteiger partial charge on any atom is 3.00 e. The molecule has 3 rings (SSSR count). The molecule has 0 aromatic heterocycles. The summed E-state index contributed by atoms with van der Waals surface area (Å²) >= 11 is 13.6. The SMILES string of the molecule is O=C([O-])CN(CCN(CC(=O)[O-])C(N=C=S)(C(=O)[O-])c1ccccc1)CC(=O)[O-].O=C([O-])CN(CCN(CC(=O)[O-])C(N=C=S)(C(=O)[O-])c1ccccc1)CC(=O)[O-].O=C([O-])CN(CCN(CC(=O)[O-])C(N=C=S)(C(=O)[O-])c1ccccc1)CC(=O)[O-].[Eu+3].[Eu+3].[Eu+3].[Eu+3]. The predicted molar refractivity (Wildman–Crippen MR) is 274 cm³/mol. The van der Waals surface area contributed by atoms with E-state index in [0.29, 0.717) is 0 Å². The van der Waals surface area contributed by atoms with E-state index in [9.17, 15) is 119 Å². The minimum absolute atomic E-state index is 0. The summed E-state index contributed by atoms with van der Waals surface area (Å²) in [5.74, 6) is -20.0. The zero-order valence-corrected chi connectivity index (χ0v) is 58.5. The van der Waals surface area contributed by atoms with Gasteiger partial charge in [0.25, 0.3) is 0 Å². The molecule has 0 N–H and O–H groups in total. The summed E-state index contributed by atoms with van der Waals surface area (Å²) in [7, 11) is 0. The first kappa shape index (κ1) is 94.2. The molecule has 0 saturated heterocycles. The molecule has 3 aromatic rings. The van der Waals surface area contributed by atoms with Crippen molar-refractivity contribution in [3.8, 4) is 0 Å². The normalized spacial score (nSPS) is 12.2. The molecule has 3 atom stereocenters. The van der Waals surface area contributed by atoms with E-state index in [-0.39, 0.29) is 234 Å². The third-order valence-corrected chi connectivity index (χ3v) is 11.8. The molecule has 0 aliphatic heterocycles. The molecule has 0 radical (unpaired) electrons. The van der Waals surface area contributed by atoms with Crippen LogP contribution in [0.15, 0.2) is 106 Å². The average molecular weight is 1870 g/mol. The number of carboxylic acids is 12. The number of hydrogen-bond donors (Lipinski definition) is 0. The van der Waals surface area contributed by atoms with Crippen LogP contribution in [0.1, 0.15) is 16.7 Å². The topological polar surface area (TPSA) is 538 Å². The van der Waals surface area contributed by atoms with Crippen molar-refractivity contribution in [1.29, 1.82) is 0 Å². The molecule has 0 aliphatic rings. The monoisotopic (exact) mass is 1870 g/mol. The summed E-state index contributed by atoms with van der Waals surface area (Å²) < 4.78 is 0. The molecule has 91 heavy (non-hydrogen) atoms. The molecule has 0 amide bonds. The fourth-order valence-electron chi connectivity index (χ4n) is 8.10. The summed E-state index contributed by atoms with van der Waals surface area (Å²) in [5, 5.41) is 141. The number of aliphatic imine (C=N–C) groups is 3. The van der Waals surface area contributed by atoms with Gasteiger partial charge in [0.1, 0.15) is 0 Å². The zero-order valence-electron chi connectivity index (χ0n) is 46.3. The van der Waals surface area contributed by atoms with Crippen LogP contribution in [-0.2, 0) is 74.5 Å². The molecule has 484 valence electrons. The Morgan fingerprint density at radius 2 is 0.462 bits per heavy atom. The van der Waals surface area contributed by atoms with Gasteiger partial charge in [-0.3, -0.25) is 29.4 Å². The number of rotatable bonds is 39. The second-order valence-corrected chi connectivity index (χ2v) is 17.9. The molecular weight excluding hydrogens is 1830 g/mol. The summed E-state index contributed by atoms with van der Waals surface area (Å²) in [5.41, 5.74) is -7.28. The van der Waals surface area contributed by atoms with Crippen molar-refractivity contribution in [1.82, 2.24) is 29.4 Å². The van der Waals surface area contributed by atoms with Gasteiger partial charge in [0.05, 0.1) is 87.1 Å². The predicted octanol–water partition coefficient (Wildman–Crippen LogP) is -16.4. The molecule has 0 saturated carbocycles. The number of carbonyl (C=O) groups excluding carboxylic acids is 12. The number of benzene rings is 3. The Labute approximate surface area is 696 Å². The van der Waals surface area contributed by atoms with Gasteiger partial charge in [0.15, 0.2) is 17.0 Å². The maximum absolute atomic E-state index is 12.1. The number of nitrogens with zero attached hydrogens (tertiary/aromatic N) is 9. The Morgan fingerprint density at radius 3 is 0.593 bits per heavy atom. The van der Waals surface area contributed by atoms with E-state index in [1.54, 1.807) is 18.2 Å². The molecule has 0 heterocycles. The van der Waals surface area contributed by atoms with Crippen LogP contribution in [0.25, 0.3) is 0 Å². The van der Waals surface area contributed by atoms with E-state index in [4.69, 9.17) is 0 Å². The van der Waals surface area contributed by atoms with E-state index in [1.165, 1.54) is 72.8 Å². The Hall–Kier alpha value is -3.20. The van der Waals surface area contributed by atoms with Gasteiger partial charge in [-0.15, -0.1) is 0 Å². The second-order valence-electron chi connectivity index (χ2n) is 17.3. The van der Waals surface area contributed by atoms with Gasteiger partial charge in [0, 0.05) is 115 Å². The fraction of sp³-hybridized carbons (Fsp3) is 0.353. The van der Waals surface area contributed by atoms with Crippen molar-refractivity contribution in [3.05, 3.63) is 108 Å². The number of thiocarbonyl (C=S) groups is 3. The number of carbonyl (C=O) groups is 12. The van der Waals surface area contributed by atoms with Crippen LogP contribution in [0.5, 0.6) is 0 Å². The molecule has 40 heteroatoms. The first-order valence-corrected chi connectivity index (χ1v) is 25.4. The third-order valence-electron chi connectivity index (χ3n) is 11.5. The van der Waals surface area contributed by atoms with E-state index in [0.717, 1.165) is 29.4 Å². The number of isothiocyanates is 3. The number of carboxylic acid groups (broad SMARTS) is 12. The van der Waals surface area contributed by atoms with Crippen LogP contribution in [-0.4, -0.2) is 215 Å². The largest absolute Gasteiger partial charge is 3.00 e. The van der Waals surface area contributed by atoms with Gasteiger partial charge in [0.2, 0.25) is 0 Å². The van der Waals surface area contributed by atoms with Crippen molar-refractivity contribution >= 4 is 124 Å². The van der Waals surface area contributed by atoms with Crippen LogP contribution in [0.4, 0.5) is 0 Å². The quantitative estimate of drug-likeness (QED) is 0.0378. The average Bonchev–Trinajstić information content (AvgIpc) is 0.844.